The highest BCUT2D eigenvalue weighted by atomic mass is 32.2. The van der Waals surface area contributed by atoms with Crippen LogP contribution < -0.4 is 15.0 Å². The first-order valence-corrected chi connectivity index (χ1v) is 15.2. The van der Waals surface area contributed by atoms with E-state index in [2.05, 4.69) is 32.1 Å². The Kier molecular flexibility index (Phi) is 9.57. The Morgan fingerprint density at radius 3 is 2.42 bits per heavy atom. The molecule has 0 saturated carbocycles. The fourth-order valence-corrected chi connectivity index (χ4v) is 5.84. The Balaban J connectivity index is 1.11. The Labute approximate surface area is 262 Å². The van der Waals surface area contributed by atoms with Gasteiger partial charge in [-0.2, -0.15) is 4.99 Å². The maximum absolute atomic E-state index is 12.6. The molecule has 0 radical (unpaired) electrons. The molecule has 9 nitrogen and oxygen atoms in total. The second kappa shape index (κ2) is 13.6. The number of aromatic nitrogens is 3. The highest BCUT2D eigenvalue weighted by Gasteiger charge is 2.32. The normalized spacial score (nSPS) is 15.0. The Hall–Kier alpha value is -4.65. The monoisotopic (exact) mass is 636 g/mol. The van der Waals surface area contributed by atoms with Crippen molar-refractivity contribution in [3.05, 3.63) is 89.7 Å². The molecule has 1 aliphatic rings. The van der Waals surface area contributed by atoms with Crippen molar-refractivity contribution in [2.75, 3.05) is 17.2 Å². The molecule has 1 N–H and O–H groups in total. The number of amidine groups is 1. The van der Waals surface area contributed by atoms with Gasteiger partial charge in [-0.25, -0.2) is 14.5 Å². The third-order valence-electron chi connectivity index (χ3n) is 7.16. The minimum atomic E-state index is -4.75. The van der Waals surface area contributed by atoms with Gasteiger partial charge in [0, 0.05) is 12.1 Å². The van der Waals surface area contributed by atoms with Gasteiger partial charge in [0.05, 0.1) is 17.1 Å². The summed E-state index contributed by atoms with van der Waals surface area (Å²) in [5.74, 6) is 0.590. The first-order chi connectivity index (χ1) is 21.5. The zero-order valence-electron chi connectivity index (χ0n) is 24.8. The molecule has 1 aromatic heterocycles. The first kappa shape index (κ1) is 31.8. The lowest BCUT2D eigenvalue weighted by atomic mass is 9.97. The van der Waals surface area contributed by atoms with Crippen molar-refractivity contribution in [1.82, 2.24) is 20.1 Å². The molecule has 3 aromatic carbocycles. The summed E-state index contributed by atoms with van der Waals surface area (Å²) in [7, 11) is 0. The summed E-state index contributed by atoms with van der Waals surface area (Å²) < 4.78 is 42.6. The molecule has 1 unspecified atom stereocenters. The van der Waals surface area contributed by atoms with Crippen LogP contribution in [0, 0.1) is 19.8 Å². The number of hydrogen-bond donors (Lipinski definition) is 1. The number of anilines is 1. The van der Waals surface area contributed by atoms with Crippen molar-refractivity contribution >= 4 is 34.6 Å². The maximum Gasteiger partial charge on any atom is 0.573 e. The van der Waals surface area contributed by atoms with E-state index in [0.29, 0.717) is 23.2 Å². The number of amides is 3. The van der Waals surface area contributed by atoms with E-state index in [4.69, 9.17) is 0 Å². The number of rotatable bonds is 9. The van der Waals surface area contributed by atoms with Crippen LogP contribution in [0.4, 0.5) is 23.7 Å². The Bertz CT molecular complexity index is 1680. The number of benzene rings is 3. The van der Waals surface area contributed by atoms with Crippen molar-refractivity contribution in [1.29, 1.82) is 0 Å². The average molecular weight is 637 g/mol. The lowest BCUT2D eigenvalue weighted by Crippen LogP contribution is -2.32. The quantitative estimate of drug-likeness (QED) is 0.215. The number of alkyl halides is 3. The fourth-order valence-electron chi connectivity index (χ4n) is 4.99. The summed E-state index contributed by atoms with van der Waals surface area (Å²) >= 11 is 1.26. The molecule has 1 aliphatic heterocycles. The number of aryl methyl sites for hydroxylation is 2. The summed E-state index contributed by atoms with van der Waals surface area (Å²) in [6.07, 6.45) is -1.72. The molecule has 0 spiro atoms. The molecule has 5 rings (SSSR count). The zero-order valence-corrected chi connectivity index (χ0v) is 25.7. The Morgan fingerprint density at radius 1 is 1.07 bits per heavy atom. The lowest BCUT2D eigenvalue weighted by molar-refractivity contribution is -0.274. The van der Waals surface area contributed by atoms with Gasteiger partial charge in [0.15, 0.2) is 11.0 Å². The van der Waals surface area contributed by atoms with Gasteiger partial charge in [-0.15, -0.1) is 18.3 Å². The molecule has 13 heteroatoms. The van der Waals surface area contributed by atoms with Crippen LogP contribution in [0.5, 0.6) is 5.75 Å². The zero-order chi connectivity index (χ0) is 32.1. The van der Waals surface area contributed by atoms with Crippen molar-refractivity contribution in [3.63, 3.8) is 0 Å². The second-order valence-electron chi connectivity index (χ2n) is 10.7. The highest BCUT2D eigenvalue weighted by molar-refractivity contribution is 8.15. The summed E-state index contributed by atoms with van der Waals surface area (Å²) in [5.41, 5.74) is 5.12. The number of nitrogens with zero attached hydrogens (tertiary/aromatic N) is 5. The van der Waals surface area contributed by atoms with E-state index in [1.165, 1.54) is 51.9 Å². The van der Waals surface area contributed by atoms with Crippen LogP contribution in [0.2, 0.25) is 0 Å². The molecule has 3 amide bonds. The topological polar surface area (TPSA) is 102 Å². The number of aliphatic imine (C=N–C) groups is 1. The molecule has 0 bridgehead atoms. The van der Waals surface area contributed by atoms with E-state index in [-0.39, 0.29) is 23.3 Å². The molecule has 1 saturated heterocycles. The van der Waals surface area contributed by atoms with E-state index >= 15 is 0 Å². The summed E-state index contributed by atoms with van der Waals surface area (Å²) in [6, 6.07) is 18.5. The SMILES string of the molecule is Cc1cccc(C)c1N1C(=O)CS/C1=N\C(=O)NCCC(C)Cc1ccc(-c2ncn(-c3ccc(OC(F)(F)F)cc3)n2)cc1. The van der Waals surface area contributed by atoms with E-state index in [1.807, 2.05) is 56.3 Å². The van der Waals surface area contributed by atoms with E-state index < -0.39 is 12.4 Å². The van der Waals surface area contributed by atoms with Gasteiger partial charge >= 0.3 is 12.4 Å². The van der Waals surface area contributed by atoms with Gasteiger partial charge < -0.3 is 10.1 Å². The van der Waals surface area contributed by atoms with Gasteiger partial charge in [0.25, 0.3) is 0 Å². The molecule has 4 aromatic rings. The number of ether oxygens (including phenoxy) is 1. The third-order valence-corrected chi connectivity index (χ3v) is 8.09. The largest absolute Gasteiger partial charge is 0.573 e. The van der Waals surface area contributed by atoms with Gasteiger partial charge in [-0.3, -0.25) is 9.69 Å². The molecular formula is C32H31F3N6O3S. The molecule has 0 aliphatic carbocycles. The van der Waals surface area contributed by atoms with E-state index in [9.17, 15) is 22.8 Å². The summed E-state index contributed by atoms with van der Waals surface area (Å²) in [5, 5.41) is 7.68. The van der Waals surface area contributed by atoms with Gasteiger partial charge in [-0.05, 0) is 73.6 Å². The number of thioether (sulfide) groups is 1. The molecule has 1 atom stereocenters. The maximum atomic E-state index is 12.6. The second-order valence-corrected chi connectivity index (χ2v) is 11.7. The van der Waals surface area contributed by atoms with Crippen LogP contribution in [-0.4, -0.2) is 50.5 Å². The fraction of sp³-hybridized carbons (Fsp3) is 0.281. The third kappa shape index (κ3) is 8.09. The number of nitrogens with one attached hydrogen (secondary N) is 1. The van der Waals surface area contributed by atoms with Gasteiger partial charge in [0.1, 0.15) is 12.1 Å². The molecule has 45 heavy (non-hydrogen) atoms. The smallest absolute Gasteiger partial charge is 0.406 e. The number of hydrogen-bond acceptors (Lipinski definition) is 6. The van der Waals surface area contributed by atoms with Crippen LogP contribution in [0.1, 0.15) is 30.0 Å². The Morgan fingerprint density at radius 2 is 1.76 bits per heavy atom. The number of halogens is 3. The first-order valence-electron chi connectivity index (χ1n) is 14.2. The average Bonchev–Trinajstić information content (AvgIpc) is 3.61. The van der Waals surface area contributed by atoms with Crippen molar-refractivity contribution in [3.8, 4) is 22.8 Å². The minimum absolute atomic E-state index is 0.0964. The summed E-state index contributed by atoms with van der Waals surface area (Å²) in [4.78, 5) is 35.3. The van der Waals surface area contributed by atoms with Crippen molar-refractivity contribution < 1.29 is 27.5 Å². The number of para-hydroxylation sites is 1. The minimum Gasteiger partial charge on any atom is -0.406 e. The number of urea groups is 1. The van der Waals surface area contributed by atoms with Crippen molar-refractivity contribution in [2.45, 2.75) is 40.0 Å². The van der Waals surface area contributed by atoms with Crippen LogP contribution in [0.15, 0.2) is 78.0 Å². The van der Waals surface area contributed by atoms with Crippen LogP contribution in [0.25, 0.3) is 17.1 Å². The standard InChI is InChI=1S/C32H31F3N6O3S/c1-20(15-16-36-30(43)38-31-41(27(42)18-45-31)28-21(2)5-4-6-22(28)3)17-23-7-9-24(10-8-23)29-37-19-40(39-29)25-11-13-26(14-12-25)44-32(33,34)35/h4-14,19-20H,15-18H2,1-3H3,(H,36,43)/b38-31-. The van der Waals surface area contributed by atoms with E-state index in [0.717, 1.165) is 40.8 Å². The van der Waals surface area contributed by atoms with Crippen LogP contribution in [-0.2, 0) is 11.2 Å². The van der Waals surface area contributed by atoms with E-state index in [1.54, 1.807) is 0 Å². The molecule has 234 valence electrons. The predicted octanol–water partition coefficient (Wildman–Crippen LogP) is 6.86. The molecular weight excluding hydrogens is 605 g/mol. The predicted molar refractivity (Wildman–Crippen MR) is 168 cm³/mol. The van der Waals surface area contributed by atoms with Crippen molar-refractivity contribution in [2.24, 2.45) is 10.9 Å². The van der Waals surface area contributed by atoms with Gasteiger partial charge in [-0.1, -0.05) is 61.2 Å². The van der Waals surface area contributed by atoms with Crippen LogP contribution >= 0.6 is 11.8 Å². The summed E-state index contributed by atoms with van der Waals surface area (Å²) in [6.45, 7) is 6.42. The number of carbonyl (C=O) groups excluding carboxylic acids is 2. The number of carbonyl (C=O) groups is 2. The molecule has 2 heterocycles. The molecule has 1 fully saturated rings. The van der Waals surface area contributed by atoms with Gasteiger partial charge in [0.2, 0.25) is 5.91 Å². The lowest BCUT2D eigenvalue weighted by Gasteiger charge is -2.20. The highest BCUT2D eigenvalue weighted by Crippen LogP contribution is 2.32. The van der Waals surface area contributed by atoms with Crippen LogP contribution in [0.3, 0.4) is 0 Å².